The molecule has 1 aliphatic carbocycles. The van der Waals surface area contributed by atoms with Gasteiger partial charge >= 0.3 is 0 Å². The van der Waals surface area contributed by atoms with Crippen molar-refractivity contribution in [2.24, 2.45) is 0 Å². The van der Waals surface area contributed by atoms with E-state index in [1.807, 2.05) is 12.1 Å². The van der Waals surface area contributed by atoms with Gasteiger partial charge in [0.25, 0.3) is 0 Å². The summed E-state index contributed by atoms with van der Waals surface area (Å²) in [6.07, 6.45) is 2.24. The monoisotopic (exact) mass is 269 g/mol. The van der Waals surface area contributed by atoms with Crippen LogP contribution in [0.2, 0.25) is 0 Å². The average Bonchev–Trinajstić information content (AvgIpc) is 2.85. The Morgan fingerprint density at radius 2 is 1.05 bits per heavy atom. The largest absolute Gasteiger partial charge is 0.399 e. The maximum absolute atomic E-state index is 5.77. The molecule has 0 aromatic heterocycles. The minimum atomic E-state index is 0.796. The van der Waals surface area contributed by atoms with E-state index in [2.05, 4.69) is 66.7 Å². The minimum absolute atomic E-state index is 0.796. The third kappa shape index (κ3) is 1.95. The van der Waals surface area contributed by atoms with Crippen molar-refractivity contribution in [2.45, 2.75) is 0 Å². The highest BCUT2D eigenvalue weighted by atomic mass is 14.5. The van der Waals surface area contributed by atoms with Gasteiger partial charge in [-0.1, -0.05) is 60.7 Å². The van der Waals surface area contributed by atoms with Gasteiger partial charge in [0.2, 0.25) is 0 Å². The summed E-state index contributed by atoms with van der Waals surface area (Å²) in [6.45, 7) is 0. The van der Waals surface area contributed by atoms with E-state index in [4.69, 9.17) is 5.73 Å². The number of nitrogen functional groups attached to an aromatic ring is 1. The van der Waals surface area contributed by atoms with Gasteiger partial charge in [-0.05, 0) is 51.6 Å². The molecule has 4 rings (SSSR count). The van der Waals surface area contributed by atoms with Crippen molar-refractivity contribution in [2.75, 3.05) is 5.73 Å². The highest BCUT2D eigenvalue weighted by Crippen LogP contribution is 2.44. The number of nitrogens with two attached hydrogens (primary N) is 1. The Bertz CT molecular complexity index is 794. The molecule has 0 spiro atoms. The zero-order chi connectivity index (χ0) is 14.2. The zero-order valence-corrected chi connectivity index (χ0v) is 11.6. The lowest BCUT2D eigenvalue weighted by atomic mass is 10.0. The quantitative estimate of drug-likeness (QED) is 0.492. The Balaban J connectivity index is 1.94. The van der Waals surface area contributed by atoms with Gasteiger partial charge in [-0.15, -0.1) is 0 Å². The van der Waals surface area contributed by atoms with E-state index in [-0.39, 0.29) is 0 Å². The molecule has 0 radical (unpaired) electrons. The SMILES string of the molecule is Nc1ccc(C=C2c3ccccc3-c3ccccc32)cc1. The van der Waals surface area contributed by atoms with Crippen LogP contribution in [0.15, 0.2) is 72.8 Å². The van der Waals surface area contributed by atoms with Crippen molar-refractivity contribution >= 4 is 17.3 Å². The van der Waals surface area contributed by atoms with Crippen LogP contribution in [0.25, 0.3) is 22.8 Å². The van der Waals surface area contributed by atoms with Crippen molar-refractivity contribution in [3.63, 3.8) is 0 Å². The first-order valence-corrected chi connectivity index (χ1v) is 7.09. The molecule has 0 atom stereocenters. The number of hydrogen-bond donors (Lipinski definition) is 1. The molecule has 21 heavy (non-hydrogen) atoms. The number of fused-ring (bicyclic) bond motifs is 3. The van der Waals surface area contributed by atoms with E-state index in [0.717, 1.165) is 5.69 Å². The van der Waals surface area contributed by atoms with Gasteiger partial charge in [0, 0.05) is 5.69 Å². The third-order valence-corrected chi connectivity index (χ3v) is 3.97. The van der Waals surface area contributed by atoms with Gasteiger partial charge in [-0.2, -0.15) is 0 Å². The van der Waals surface area contributed by atoms with Crippen LogP contribution < -0.4 is 5.73 Å². The van der Waals surface area contributed by atoms with Crippen molar-refractivity contribution in [3.8, 4) is 11.1 Å². The summed E-state index contributed by atoms with van der Waals surface area (Å²) in [7, 11) is 0. The molecule has 0 heterocycles. The van der Waals surface area contributed by atoms with Gasteiger partial charge in [0.05, 0.1) is 0 Å². The maximum Gasteiger partial charge on any atom is 0.0314 e. The van der Waals surface area contributed by atoms with Crippen molar-refractivity contribution in [1.29, 1.82) is 0 Å². The van der Waals surface area contributed by atoms with Crippen LogP contribution in [0.3, 0.4) is 0 Å². The van der Waals surface area contributed by atoms with Gasteiger partial charge in [-0.25, -0.2) is 0 Å². The second-order valence-corrected chi connectivity index (χ2v) is 5.32. The summed E-state index contributed by atoms with van der Waals surface area (Å²) >= 11 is 0. The molecule has 1 aliphatic rings. The molecule has 0 amide bonds. The number of rotatable bonds is 1. The summed E-state index contributed by atoms with van der Waals surface area (Å²) in [6, 6.07) is 25.2. The molecular formula is C20H15N. The lowest BCUT2D eigenvalue weighted by Gasteiger charge is -2.03. The summed E-state index contributed by atoms with van der Waals surface area (Å²) in [5.74, 6) is 0. The second-order valence-electron chi connectivity index (χ2n) is 5.32. The van der Waals surface area contributed by atoms with Crippen LogP contribution >= 0.6 is 0 Å². The van der Waals surface area contributed by atoms with Gasteiger partial charge < -0.3 is 5.73 Å². The summed E-state index contributed by atoms with van der Waals surface area (Å²) in [4.78, 5) is 0. The van der Waals surface area contributed by atoms with Gasteiger partial charge in [-0.3, -0.25) is 0 Å². The molecule has 100 valence electrons. The Hall–Kier alpha value is -2.80. The minimum Gasteiger partial charge on any atom is -0.399 e. The third-order valence-electron chi connectivity index (χ3n) is 3.97. The zero-order valence-electron chi connectivity index (χ0n) is 11.6. The van der Waals surface area contributed by atoms with Gasteiger partial charge in [0.15, 0.2) is 0 Å². The molecule has 2 N–H and O–H groups in total. The number of hydrogen-bond acceptors (Lipinski definition) is 1. The first-order chi connectivity index (χ1) is 10.3. The Morgan fingerprint density at radius 1 is 0.571 bits per heavy atom. The standard InChI is InChI=1S/C20H15N/c21-15-11-9-14(10-12-15)13-20-18-7-3-1-5-16(18)17-6-2-4-8-19(17)20/h1-13H,21H2. The Kier molecular flexibility index (Phi) is 2.65. The fourth-order valence-corrected chi connectivity index (χ4v) is 2.97. The molecule has 0 unspecified atom stereocenters. The normalized spacial score (nSPS) is 11.9. The summed E-state index contributed by atoms with van der Waals surface area (Å²) < 4.78 is 0. The molecule has 0 aliphatic heterocycles. The van der Waals surface area contributed by atoms with Crippen molar-refractivity contribution in [3.05, 3.63) is 89.5 Å². The first kappa shape index (κ1) is 12.0. The van der Waals surface area contributed by atoms with E-state index >= 15 is 0 Å². The van der Waals surface area contributed by atoms with Crippen LogP contribution in [0.5, 0.6) is 0 Å². The predicted octanol–water partition coefficient (Wildman–Crippen LogP) is 4.84. The summed E-state index contributed by atoms with van der Waals surface area (Å²) in [5.41, 5.74) is 14.3. The predicted molar refractivity (Wildman–Crippen MR) is 89.7 cm³/mol. The lowest BCUT2D eigenvalue weighted by Crippen LogP contribution is -1.85. The smallest absolute Gasteiger partial charge is 0.0314 e. The van der Waals surface area contributed by atoms with Crippen LogP contribution in [-0.2, 0) is 0 Å². The average molecular weight is 269 g/mol. The van der Waals surface area contributed by atoms with Crippen molar-refractivity contribution < 1.29 is 0 Å². The molecular weight excluding hydrogens is 254 g/mol. The van der Waals surface area contributed by atoms with E-state index in [9.17, 15) is 0 Å². The van der Waals surface area contributed by atoms with Crippen LogP contribution in [0.1, 0.15) is 16.7 Å². The number of benzene rings is 3. The summed E-state index contributed by atoms with van der Waals surface area (Å²) in [5, 5.41) is 0. The topological polar surface area (TPSA) is 26.0 Å². The molecule has 3 aromatic carbocycles. The van der Waals surface area contributed by atoms with E-state index < -0.39 is 0 Å². The molecule has 3 aromatic rings. The molecule has 1 nitrogen and oxygen atoms in total. The molecule has 0 fully saturated rings. The van der Waals surface area contributed by atoms with Crippen molar-refractivity contribution in [1.82, 2.24) is 0 Å². The van der Waals surface area contributed by atoms with E-state index in [1.165, 1.54) is 33.4 Å². The molecule has 0 bridgehead atoms. The van der Waals surface area contributed by atoms with Crippen LogP contribution in [-0.4, -0.2) is 0 Å². The number of anilines is 1. The maximum atomic E-state index is 5.77. The fourth-order valence-electron chi connectivity index (χ4n) is 2.97. The Labute approximate surface area is 124 Å². The lowest BCUT2D eigenvalue weighted by molar-refractivity contribution is 1.63. The molecule has 1 heteroatoms. The molecule has 0 saturated carbocycles. The Morgan fingerprint density at radius 3 is 1.57 bits per heavy atom. The van der Waals surface area contributed by atoms with Crippen LogP contribution in [0, 0.1) is 0 Å². The fraction of sp³-hybridized carbons (Fsp3) is 0. The van der Waals surface area contributed by atoms with Crippen LogP contribution in [0.4, 0.5) is 5.69 Å². The van der Waals surface area contributed by atoms with E-state index in [0.29, 0.717) is 0 Å². The second kappa shape index (κ2) is 4.64. The van der Waals surface area contributed by atoms with E-state index in [1.54, 1.807) is 0 Å². The highest BCUT2D eigenvalue weighted by Gasteiger charge is 2.21. The first-order valence-electron chi connectivity index (χ1n) is 7.09. The molecule has 0 saturated heterocycles. The van der Waals surface area contributed by atoms with Gasteiger partial charge in [0.1, 0.15) is 0 Å². The highest BCUT2D eigenvalue weighted by molar-refractivity contribution is 6.06.